The Balaban J connectivity index is 0.899. The molecule has 1 saturated heterocycles. The van der Waals surface area contributed by atoms with Crippen molar-refractivity contribution in [2.75, 3.05) is 10.2 Å². The van der Waals surface area contributed by atoms with Crippen LogP contribution < -0.4 is 20.9 Å². The van der Waals surface area contributed by atoms with Gasteiger partial charge in [0.05, 0.1) is 12.1 Å². The quantitative estimate of drug-likeness (QED) is 0.202. The Morgan fingerprint density at radius 1 is 0.696 bits per heavy atom. The van der Waals surface area contributed by atoms with E-state index in [4.69, 9.17) is 0 Å². The molecule has 0 aromatic heterocycles. The molecule has 280 valence electrons. The molecule has 4 heteroatoms. The number of hydrogen-bond donors (Lipinski definition) is 3. The number of benzene rings is 3. The standard InChI is InChI=1S/C52H52N4/c1-4-15-36(16-5-1)37-27-29-39(30-28-37)49-35-48(38-17-6-2-7-18-38)54-52(55-49)53-47-25-12-10-23-44(47)42-20-14-19-40(33-42)41-31-32-51-46(34-41)45-24-11-13-26-50(45)56(51)43-21-8-3-9-22-43/h1-4,6-10,12-15,17,19,21-23,25-30,32-35,38,41-42,45,49-50,52-55H,5,11,16,18,20,24,31H2. The van der Waals surface area contributed by atoms with Crippen LogP contribution in [0.3, 0.4) is 0 Å². The Labute approximate surface area is 332 Å². The molecule has 1 fully saturated rings. The molecule has 0 spiro atoms. The first-order valence-corrected chi connectivity index (χ1v) is 21.0. The first kappa shape index (κ1) is 34.9. The summed E-state index contributed by atoms with van der Waals surface area (Å²) in [7, 11) is 0. The summed E-state index contributed by atoms with van der Waals surface area (Å²) in [6.45, 7) is 0. The largest absolute Gasteiger partial charge is 0.356 e. The van der Waals surface area contributed by atoms with Gasteiger partial charge in [0.1, 0.15) is 0 Å². The summed E-state index contributed by atoms with van der Waals surface area (Å²) in [6, 6.07) is 29.6. The smallest absolute Gasteiger partial charge is 0.153 e. The van der Waals surface area contributed by atoms with E-state index in [-0.39, 0.29) is 12.3 Å². The van der Waals surface area contributed by atoms with Crippen LogP contribution in [0.2, 0.25) is 0 Å². The Morgan fingerprint density at radius 3 is 2.43 bits per heavy atom. The maximum absolute atomic E-state index is 3.95. The minimum absolute atomic E-state index is 0.0820. The van der Waals surface area contributed by atoms with Crippen molar-refractivity contribution in [3.05, 3.63) is 209 Å². The first-order valence-electron chi connectivity index (χ1n) is 21.0. The molecule has 3 N–H and O–H groups in total. The summed E-state index contributed by atoms with van der Waals surface area (Å²) >= 11 is 0. The highest BCUT2D eigenvalue weighted by Crippen LogP contribution is 2.49. The van der Waals surface area contributed by atoms with Crippen molar-refractivity contribution in [2.45, 2.75) is 69.2 Å². The Morgan fingerprint density at radius 2 is 1.57 bits per heavy atom. The lowest BCUT2D eigenvalue weighted by atomic mass is 9.78. The number of nitrogens with one attached hydrogen (secondary N) is 3. The zero-order valence-corrected chi connectivity index (χ0v) is 32.1. The molecule has 0 bridgehead atoms. The zero-order chi connectivity index (χ0) is 37.3. The predicted octanol–water partition coefficient (Wildman–Crippen LogP) is 11.7. The monoisotopic (exact) mass is 732 g/mol. The van der Waals surface area contributed by atoms with E-state index in [1.54, 1.807) is 5.57 Å². The number of allylic oxidation sites excluding steroid dienone is 16. The molecule has 7 atom stereocenters. The lowest BCUT2D eigenvalue weighted by Crippen LogP contribution is -2.53. The third-order valence-corrected chi connectivity index (χ3v) is 12.8. The van der Waals surface area contributed by atoms with Crippen LogP contribution in [0.5, 0.6) is 0 Å². The third-order valence-electron chi connectivity index (χ3n) is 12.8. The molecular formula is C52H52N4. The highest BCUT2D eigenvalue weighted by Gasteiger charge is 2.42. The maximum Gasteiger partial charge on any atom is 0.153 e. The number of rotatable bonds is 8. The first-order chi connectivity index (χ1) is 27.7. The third kappa shape index (κ3) is 6.92. The Bertz CT molecular complexity index is 2260. The molecule has 3 aromatic carbocycles. The van der Waals surface area contributed by atoms with Crippen molar-refractivity contribution in [1.82, 2.24) is 10.6 Å². The molecule has 7 unspecified atom stereocenters. The molecular weight excluding hydrogens is 681 g/mol. The van der Waals surface area contributed by atoms with Gasteiger partial charge in [-0.3, -0.25) is 5.32 Å². The second-order valence-corrected chi connectivity index (χ2v) is 16.3. The van der Waals surface area contributed by atoms with Gasteiger partial charge >= 0.3 is 0 Å². The number of fused-ring (bicyclic) bond motifs is 3. The van der Waals surface area contributed by atoms with Gasteiger partial charge in [-0.2, -0.15) is 0 Å². The molecule has 3 aromatic rings. The molecule has 2 heterocycles. The van der Waals surface area contributed by atoms with E-state index in [1.807, 2.05) is 0 Å². The summed E-state index contributed by atoms with van der Waals surface area (Å²) in [6.07, 6.45) is 42.9. The summed E-state index contributed by atoms with van der Waals surface area (Å²) in [4.78, 5) is 2.60. The number of anilines is 2. The minimum atomic E-state index is -0.132. The lowest BCUT2D eigenvalue weighted by Gasteiger charge is -2.36. The Kier molecular flexibility index (Phi) is 9.66. The van der Waals surface area contributed by atoms with Crippen molar-refractivity contribution < 1.29 is 0 Å². The molecule has 0 saturated carbocycles. The van der Waals surface area contributed by atoms with Crippen LogP contribution in [0.4, 0.5) is 11.4 Å². The van der Waals surface area contributed by atoms with Crippen LogP contribution in [0.25, 0.3) is 5.57 Å². The van der Waals surface area contributed by atoms with Gasteiger partial charge in [0.15, 0.2) is 6.29 Å². The second kappa shape index (κ2) is 15.5. The summed E-state index contributed by atoms with van der Waals surface area (Å²) in [5.41, 5.74) is 13.5. The highest BCUT2D eigenvalue weighted by molar-refractivity contribution is 5.69. The number of para-hydroxylation sites is 2. The lowest BCUT2D eigenvalue weighted by molar-refractivity contribution is 0.418. The van der Waals surface area contributed by atoms with Crippen LogP contribution in [0, 0.1) is 17.8 Å². The van der Waals surface area contributed by atoms with Crippen molar-refractivity contribution in [1.29, 1.82) is 0 Å². The van der Waals surface area contributed by atoms with Crippen LogP contribution in [-0.2, 0) is 0 Å². The van der Waals surface area contributed by atoms with Crippen molar-refractivity contribution in [3.63, 3.8) is 0 Å². The van der Waals surface area contributed by atoms with Gasteiger partial charge in [0.25, 0.3) is 0 Å². The van der Waals surface area contributed by atoms with E-state index in [2.05, 4.69) is 191 Å². The van der Waals surface area contributed by atoms with E-state index in [1.165, 1.54) is 57.0 Å². The fourth-order valence-electron chi connectivity index (χ4n) is 9.99. The topological polar surface area (TPSA) is 39.3 Å². The van der Waals surface area contributed by atoms with Gasteiger partial charge in [0, 0.05) is 46.4 Å². The van der Waals surface area contributed by atoms with Gasteiger partial charge in [-0.25, -0.2) is 0 Å². The van der Waals surface area contributed by atoms with E-state index in [0.29, 0.717) is 29.7 Å². The van der Waals surface area contributed by atoms with Crippen LogP contribution in [0.1, 0.15) is 73.6 Å². The fourth-order valence-corrected chi connectivity index (χ4v) is 9.99. The molecule has 2 aliphatic heterocycles. The van der Waals surface area contributed by atoms with Gasteiger partial charge in [-0.1, -0.05) is 146 Å². The molecule has 7 aliphatic rings. The molecule has 56 heavy (non-hydrogen) atoms. The van der Waals surface area contributed by atoms with Gasteiger partial charge in [0.2, 0.25) is 0 Å². The van der Waals surface area contributed by atoms with Crippen molar-refractivity contribution in [2.24, 2.45) is 17.8 Å². The minimum Gasteiger partial charge on any atom is -0.356 e. The maximum atomic E-state index is 3.95. The zero-order valence-electron chi connectivity index (χ0n) is 32.1. The van der Waals surface area contributed by atoms with E-state index in [0.717, 1.165) is 38.5 Å². The molecule has 0 radical (unpaired) electrons. The Hall–Kier alpha value is -5.58. The molecule has 5 aliphatic carbocycles. The summed E-state index contributed by atoms with van der Waals surface area (Å²) in [5, 5.41) is 11.7. The predicted molar refractivity (Wildman–Crippen MR) is 234 cm³/mol. The molecule has 4 nitrogen and oxygen atoms in total. The van der Waals surface area contributed by atoms with Crippen molar-refractivity contribution in [3.8, 4) is 0 Å². The molecule has 10 rings (SSSR count). The van der Waals surface area contributed by atoms with Crippen molar-refractivity contribution >= 4 is 16.9 Å². The number of nitrogens with zero attached hydrogens (tertiary/aromatic N) is 1. The second-order valence-electron chi connectivity index (χ2n) is 16.3. The summed E-state index contributed by atoms with van der Waals surface area (Å²) in [5.74, 6) is 1.57. The average Bonchev–Trinajstić information content (AvgIpc) is 3.61. The van der Waals surface area contributed by atoms with Gasteiger partial charge in [-0.05, 0) is 103 Å². The van der Waals surface area contributed by atoms with Crippen LogP contribution >= 0.6 is 0 Å². The average molecular weight is 733 g/mol. The number of hydrogen-bond acceptors (Lipinski definition) is 4. The van der Waals surface area contributed by atoms with Gasteiger partial charge in [-0.15, -0.1) is 0 Å². The van der Waals surface area contributed by atoms with E-state index < -0.39 is 0 Å². The SMILES string of the molecule is C1=CCCC(c2ccc(C3C=C(C4C=CC=CC4)NC(Nc4ccccc4C4C=C(C5C=C6C(=CC5)N(c5ccccc5)C5C=CCCC65)C=CC4)N3)cc2)=C1. The fraction of sp³-hybridized carbons (Fsp3) is 0.269. The molecule has 0 amide bonds. The van der Waals surface area contributed by atoms with E-state index >= 15 is 0 Å². The van der Waals surface area contributed by atoms with E-state index in [9.17, 15) is 0 Å². The van der Waals surface area contributed by atoms with Crippen LogP contribution in [0.15, 0.2) is 193 Å². The normalized spacial score (nSPS) is 29.0. The van der Waals surface area contributed by atoms with Gasteiger partial charge < -0.3 is 15.5 Å². The summed E-state index contributed by atoms with van der Waals surface area (Å²) < 4.78 is 0. The highest BCUT2D eigenvalue weighted by atomic mass is 15.3. The van der Waals surface area contributed by atoms with Crippen LogP contribution in [-0.4, -0.2) is 12.3 Å².